The average molecular weight is 399 g/mol. The minimum atomic E-state index is -0.954. The number of esters is 1. The number of rotatable bonds is 9. The van der Waals surface area contributed by atoms with Crippen LogP contribution in [0.5, 0.6) is 11.5 Å². The van der Waals surface area contributed by atoms with Crippen LogP contribution in [-0.4, -0.2) is 31.7 Å². The van der Waals surface area contributed by atoms with Crippen LogP contribution in [0.15, 0.2) is 42.5 Å². The molecule has 0 heterocycles. The van der Waals surface area contributed by atoms with Crippen LogP contribution in [0.3, 0.4) is 0 Å². The second kappa shape index (κ2) is 10.5. The molecule has 0 aliphatic carbocycles. The number of hydrogen-bond donors (Lipinski definition) is 1. The van der Waals surface area contributed by atoms with E-state index in [1.807, 2.05) is 31.2 Å². The van der Waals surface area contributed by atoms with E-state index in [4.69, 9.17) is 14.2 Å². The van der Waals surface area contributed by atoms with E-state index in [-0.39, 0.29) is 11.5 Å². The van der Waals surface area contributed by atoms with Gasteiger partial charge in [-0.1, -0.05) is 32.0 Å². The lowest BCUT2D eigenvalue weighted by Crippen LogP contribution is -2.30. The van der Waals surface area contributed by atoms with Crippen LogP contribution in [0.2, 0.25) is 0 Å². The molecule has 1 amide bonds. The first-order valence-corrected chi connectivity index (χ1v) is 9.82. The van der Waals surface area contributed by atoms with Gasteiger partial charge in [-0.2, -0.15) is 0 Å². The van der Waals surface area contributed by atoms with Gasteiger partial charge in [-0.05, 0) is 56.0 Å². The predicted octanol–water partition coefficient (Wildman–Crippen LogP) is 4.79. The molecule has 0 fully saturated rings. The molecule has 0 aliphatic rings. The van der Waals surface area contributed by atoms with Gasteiger partial charge in [0.05, 0.1) is 19.3 Å². The van der Waals surface area contributed by atoms with Gasteiger partial charge in [-0.25, -0.2) is 4.79 Å². The molecule has 0 radical (unpaired) electrons. The van der Waals surface area contributed by atoms with Crippen LogP contribution in [-0.2, 0) is 9.53 Å². The molecule has 2 atom stereocenters. The Bertz CT molecular complexity index is 849. The van der Waals surface area contributed by atoms with Crippen molar-refractivity contribution in [3.8, 4) is 11.5 Å². The van der Waals surface area contributed by atoms with Gasteiger partial charge in [0.25, 0.3) is 5.91 Å². The standard InChI is InChI=1S/C23H29NO5/c1-6-15(3)18-10-8-9-11-19(18)24-22(25)16(4)29-23(26)17-12-13-20(27-5)21(14-17)28-7-2/h8-16H,6-7H2,1-5H3,(H,24,25)/t15-,16+/m0/s1. The lowest BCUT2D eigenvalue weighted by atomic mass is 9.97. The highest BCUT2D eigenvalue weighted by atomic mass is 16.5. The molecular weight excluding hydrogens is 370 g/mol. The van der Waals surface area contributed by atoms with E-state index in [9.17, 15) is 9.59 Å². The first-order valence-electron chi connectivity index (χ1n) is 9.82. The molecule has 0 aliphatic heterocycles. The number of anilines is 1. The van der Waals surface area contributed by atoms with E-state index in [0.29, 0.717) is 24.0 Å². The third kappa shape index (κ3) is 5.73. The second-order valence-corrected chi connectivity index (χ2v) is 6.73. The summed E-state index contributed by atoms with van der Waals surface area (Å²) >= 11 is 0. The Morgan fingerprint density at radius 1 is 1.03 bits per heavy atom. The van der Waals surface area contributed by atoms with Gasteiger partial charge in [0.2, 0.25) is 0 Å². The number of nitrogens with one attached hydrogen (secondary N) is 1. The number of carbonyl (C=O) groups is 2. The van der Waals surface area contributed by atoms with Gasteiger partial charge in [0, 0.05) is 5.69 Å². The van der Waals surface area contributed by atoms with E-state index in [1.54, 1.807) is 25.1 Å². The highest BCUT2D eigenvalue weighted by molar-refractivity contribution is 5.98. The molecule has 29 heavy (non-hydrogen) atoms. The fourth-order valence-electron chi connectivity index (χ4n) is 2.85. The summed E-state index contributed by atoms with van der Waals surface area (Å²) in [5, 5.41) is 2.87. The van der Waals surface area contributed by atoms with E-state index in [1.165, 1.54) is 7.11 Å². The summed E-state index contributed by atoms with van der Waals surface area (Å²) in [4.78, 5) is 25.1. The summed E-state index contributed by atoms with van der Waals surface area (Å²) in [5.74, 6) is 0.291. The van der Waals surface area contributed by atoms with Gasteiger partial charge in [-0.3, -0.25) is 4.79 Å². The fourth-order valence-corrected chi connectivity index (χ4v) is 2.85. The predicted molar refractivity (Wildman–Crippen MR) is 113 cm³/mol. The zero-order valence-electron chi connectivity index (χ0n) is 17.7. The van der Waals surface area contributed by atoms with Crippen molar-refractivity contribution < 1.29 is 23.8 Å². The smallest absolute Gasteiger partial charge is 0.339 e. The molecule has 0 unspecified atom stereocenters. The molecule has 6 nitrogen and oxygen atoms in total. The van der Waals surface area contributed by atoms with Crippen molar-refractivity contribution in [3.63, 3.8) is 0 Å². The Balaban J connectivity index is 2.08. The molecule has 1 N–H and O–H groups in total. The maximum absolute atomic E-state index is 12.6. The van der Waals surface area contributed by atoms with Crippen molar-refractivity contribution >= 4 is 17.6 Å². The van der Waals surface area contributed by atoms with Crippen LogP contribution in [0, 0.1) is 0 Å². The number of para-hydroxylation sites is 1. The topological polar surface area (TPSA) is 73.9 Å². The Morgan fingerprint density at radius 3 is 2.41 bits per heavy atom. The monoisotopic (exact) mass is 399 g/mol. The lowest BCUT2D eigenvalue weighted by molar-refractivity contribution is -0.123. The van der Waals surface area contributed by atoms with Crippen molar-refractivity contribution in [2.24, 2.45) is 0 Å². The van der Waals surface area contributed by atoms with Gasteiger partial charge >= 0.3 is 5.97 Å². The lowest BCUT2D eigenvalue weighted by Gasteiger charge is -2.18. The summed E-state index contributed by atoms with van der Waals surface area (Å²) in [5.41, 5.74) is 2.07. The van der Waals surface area contributed by atoms with Gasteiger partial charge < -0.3 is 19.5 Å². The number of benzene rings is 2. The number of ether oxygens (including phenoxy) is 3. The molecular formula is C23H29NO5. The molecule has 0 saturated carbocycles. The number of methoxy groups -OCH3 is 1. The maximum Gasteiger partial charge on any atom is 0.339 e. The van der Waals surface area contributed by atoms with Crippen LogP contribution in [0.25, 0.3) is 0 Å². The summed E-state index contributed by atoms with van der Waals surface area (Å²) in [6.45, 7) is 8.02. The molecule has 2 rings (SSSR count). The number of amides is 1. The van der Waals surface area contributed by atoms with Crippen molar-refractivity contribution in [3.05, 3.63) is 53.6 Å². The molecule has 6 heteroatoms. The minimum absolute atomic E-state index is 0.286. The normalized spacial score (nSPS) is 12.6. The number of carbonyl (C=O) groups excluding carboxylic acids is 2. The van der Waals surface area contributed by atoms with Crippen LogP contribution in [0.4, 0.5) is 5.69 Å². The summed E-state index contributed by atoms with van der Waals surface area (Å²) in [7, 11) is 1.53. The third-order valence-corrected chi connectivity index (χ3v) is 4.71. The molecule has 156 valence electrons. The van der Waals surface area contributed by atoms with E-state index >= 15 is 0 Å². The largest absolute Gasteiger partial charge is 0.493 e. The molecule has 0 aromatic heterocycles. The Hall–Kier alpha value is -3.02. The molecule has 2 aromatic carbocycles. The Kier molecular flexibility index (Phi) is 8.07. The van der Waals surface area contributed by atoms with Crippen LogP contribution in [0.1, 0.15) is 56.0 Å². The zero-order valence-corrected chi connectivity index (χ0v) is 17.7. The first-order chi connectivity index (χ1) is 13.9. The SMILES string of the molecule is CCOc1cc(C(=O)O[C@H](C)C(=O)Nc2ccccc2[C@@H](C)CC)ccc1OC. The summed E-state index contributed by atoms with van der Waals surface area (Å²) in [6.07, 6.45) is 0.00183. The van der Waals surface area contributed by atoms with Crippen molar-refractivity contribution in [2.75, 3.05) is 19.0 Å². The van der Waals surface area contributed by atoms with Crippen molar-refractivity contribution in [1.29, 1.82) is 0 Å². The van der Waals surface area contributed by atoms with Crippen LogP contribution < -0.4 is 14.8 Å². The fraction of sp³-hybridized carbons (Fsp3) is 0.391. The first kappa shape index (κ1) is 22.3. The summed E-state index contributed by atoms with van der Waals surface area (Å²) in [6, 6.07) is 12.4. The van der Waals surface area contributed by atoms with Gasteiger partial charge in [-0.15, -0.1) is 0 Å². The van der Waals surface area contributed by atoms with E-state index in [0.717, 1.165) is 17.7 Å². The average Bonchev–Trinajstić information content (AvgIpc) is 2.73. The third-order valence-electron chi connectivity index (χ3n) is 4.71. The number of hydrogen-bond acceptors (Lipinski definition) is 5. The van der Waals surface area contributed by atoms with Gasteiger partial charge in [0.15, 0.2) is 17.6 Å². The molecule has 0 bridgehead atoms. The Labute approximate surface area is 172 Å². The van der Waals surface area contributed by atoms with Crippen molar-refractivity contribution in [1.82, 2.24) is 0 Å². The van der Waals surface area contributed by atoms with E-state index in [2.05, 4.69) is 19.2 Å². The van der Waals surface area contributed by atoms with Gasteiger partial charge in [0.1, 0.15) is 0 Å². The molecule has 0 saturated heterocycles. The quantitative estimate of drug-likeness (QED) is 0.614. The minimum Gasteiger partial charge on any atom is -0.493 e. The highest BCUT2D eigenvalue weighted by Crippen LogP contribution is 2.29. The highest BCUT2D eigenvalue weighted by Gasteiger charge is 2.21. The Morgan fingerprint density at radius 2 is 1.76 bits per heavy atom. The molecule has 2 aromatic rings. The zero-order chi connectivity index (χ0) is 21.4. The second-order valence-electron chi connectivity index (χ2n) is 6.73. The summed E-state index contributed by atoms with van der Waals surface area (Å²) < 4.78 is 16.1. The van der Waals surface area contributed by atoms with E-state index < -0.39 is 12.1 Å². The molecule has 0 spiro atoms. The van der Waals surface area contributed by atoms with Crippen LogP contribution >= 0.6 is 0 Å². The van der Waals surface area contributed by atoms with Crippen molar-refractivity contribution in [2.45, 2.75) is 46.1 Å². The maximum atomic E-state index is 12.6.